The molecule has 8 nitrogen and oxygen atoms in total. The number of rotatable bonds is 8. The van der Waals surface area contributed by atoms with Gasteiger partial charge >= 0.3 is 5.97 Å². The molecule has 2 aromatic rings. The molecule has 0 N–H and O–H groups in total. The fraction of sp³-hybridized carbons (Fsp3) is 0.273. The quantitative estimate of drug-likeness (QED) is 0.219. The van der Waals surface area contributed by atoms with Crippen LogP contribution in [-0.4, -0.2) is 30.0 Å². The molecule has 0 unspecified atom stereocenters. The highest BCUT2D eigenvalue weighted by Crippen LogP contribution is 2.38. The van der Waals surface area contributed by atoms with E-state index >= 15 is 0 Å². The van der Waals surface area contributed by atoms with E-state index in [-0.39, 0.29) is 17.3 Å². The van der Waals surface area contributed by atoms with Crippen LogP contribution in [0.1, 0.15) is 37.0 Å². The second-order valence-corrected chi connectivity index (χ2v) is 7.56. The summed E-state index contributed by atoms with van der Waals surface area (Å²) < 4.78 is 17.4. The Bertz CT molecular complexity index is 1090. The van der Waals surface area contributed by atoms with Crippen molar-refractivity contribution in [3.63, 3.8) is 0 Å². The van der Waals surface area contributed by atoms with Gasteiger partial charge in [-0.25, -0.2) is 9.79 Å². The van der Waals surface area contributed by atoms with Gasteiger partial charge in [-0.05, 0) is 66.0 Å². The number of nitrogens with zero attached hydrogens (tertiary/aromatic N) is 2. The predicted octanol–water partition coefficient (Wildman–Crippen LogP) is 5.20. The highest BCUT2D eigenvalue weighted by Gasteiger charge is 2.26. The van der Waals surface area contributed by atoms with E-state index in [0.29, 0.717) is 45.9 Å². The lowest BCUT2D eigenvalue weighted by molar-refractivity contribution is -0.385. The zero-order chi connectivity index (χ0) is 22.5. The van der Waals surface area contributed by atoms with Gasteiger partial charge < -0.3 is 14.2 Å². The van der Waals surface area contributed by atoms with Gasteiger partial charge in [-0.2, -0.15) is 0 Å². The Hall–Kier alpha value is -3.20. The van der Waals surface area contributed by atoms with Gasteiger partial charge in [-0.3, -0.25) is 10.1 Å². The van der Waals surface area contributed by atoms with Gasteiger partial charge in [-0.15, -0.1) is 0 Å². The number of hydrogen-bond donors (Lipinski definition) is 0. The van der Waals surface area contributed by atoms with Crippen LogP contribution in [0.4, 0.5) is 5.69 Å². The summed E-state index contributed by atoms with van der Waals surface area (Å²) in [5.41, 5.74) is 1.53. The third kappa shape index (κ3) is 5.11. The number of halogens is 1. The molecular formula is C22H21BrN2O6. The number of hydrogen-bond acceptors (Lipinski definition) is 7. The number of carbonyl (C=O) groups excluding carboxylic acids is 1. The Morgan fingerprint density at radius 3 is 2.68 bits per heavy atom. The first-order valence-electron chi connectivity index (χ1n) is 9.71. The molecular weight excluding hydrogens is 468 g/mol. The minimum absolute atomic E-state index is 0.0198. The van der Waals surface area contributed by atoms with Gasteiger partial charge in [0.1, 0.15) is 0 Å². The predicted molar refractivity (Wildman–Crippen MR) is 120 cm³/mol. The van der Waals surface area contributed by atoms with Crippen molar-refractivity contribution >= 4 is 39.6 Å². The summed E-state index contributed by atoms with van der Waals surface area (Å²) in [5, 5.41) is 11.2. The van der Waals surface area contributed by atoms with Crippen molar-refractivity contribution in [3.05, 3.63) is 67.3 Å². The highest BCUT2D eigenvalue weighted by atomic mass is 79.9. The van der Waals surface area contributed by atoms with E-state index in [2.05, 4.69) is 20.9 Å². The standard InChI is InChI=1S/C22H21BrN2O6/c1-4-8-30-20-16(23)9-14(11-19(20)29-5-2)10-17-22(26)31-21(24-17)15-7-6-13(3)18(12-15)25(27)28/h6-7,9-12H,4-5,8H2,1-3H3/b17-10-. The zero-order valence-electron chi connectivity index (χ0n) is 17.3. The van der Waals surface area contributed by atoms with E-state index in [0.717, 1.165) is 6.42 Å². The third-order valence-corrected chi connectivity index (χ3v) is 4.95. The van der Waals surface area contributed by atoms with Gasteiger partial charge in [-0.1, -0.05) is 13.0 Å². The van der Waals surface area contributed by atoms with Crippen LogP contribution in [0, 0.1) is 17.0 Å². The summed E-state index contributed by atoms with van der Waals surface area (Å²) in [6.07, 6.45) is 2.42. The molecule has 0 spiro atoms. The Morgan fingerprint density at radius 2 is 2.00 bits per heavy atom. The van der Waals surface area contributed by atoms with Gasteiger partial charge in [0.25, 0.3) is 5.69 Å². The molecule has 0 aromatic heterocycles. The number of nitro groups is 1. The summed E-state index contributed by atoms with van der Waals surface area (Å²) in [7, 11) is 0. The second-order valence-electron chi connectivity index (χ2n) is 6.71. The Morgan fingerprint density at radius 1 is 1.23 bits per heavy atom. The number of nitro benzene ring substituents is 1. The number of ether oxygens (including phenoxy) is 3. The molecule has 2 aromatic carbocycles. The van der Waals surface area contributed by atoms with Crippen LogP contribution in [0.25, 0.3) is 6.08 Å². The number of aliphatic imine (C=N–C) groups is 1. The van der Waals surface area contributed by atoms with Crippen LogP contribution in [0.5, 0.6) is 11.5 Å². The molecule has 0 fully saturated rings. The average Bonchev–Trinajstić information content (AvgIpc) is 3.08. The molecule has 3 rings (SSSR count). The first-order valence-corrected chi connectivity index (χ1v) is 10.5. The van der Waals surface area contributed by atoms with E-state index in [1.807, 2.05) is 13.8 Å². The lowest BCUT2D eigenvalue weighted by Gasteiger charge is -2.14. The Balaban J connectivity index is 1.96. The summed E-state index contributed by atoms with van der Waals surface area (Å²) in [4.78, 5) is 27.3. The second kappa shape index (κ2) is 9.74. The van der Waals surface area contributed by atoms with Crippen molar-refractivity contribution in [2.45, 2.75) is 27.2 Å². The van der Waals surface area contributed by atoms with E-state index in [1.54, 1.807) is 37.3 Å². The first kappa shape index (κ1) is 22.5. The van der Waals surface area contributed by atoms with Crippen molar-refractivity contribution in [3.8, 4) is 11.5 Å². The van der Waals surface area contributed by atoms with Crippen molar-refractivity contribution in [1.82, 2.24) is 0 Å². The highest BCUT2D eigenvalue weighted by molar-refractivity contribution is 9.10. The summed E-state index contributed by atoms with van der Waals surface area (Å²) in [5.74, 6) is 0.517. The molecule has 9 heteroatoms. The summed E-state index contributed by atoms with van der Waals surface area (Å²) in [6, 6.07) is 8.10. The molecule has 0 radical (unpaired) electrons. The monoisotopic (exact) mass is 488 g/mol. The van der Waals surface area contributed by atoms with Crippen LogP contribution in [0.15, 0.2) is 45.5 Å². The number of aryl methyl sites for hydroxylation is 1. The number of esters is 1. The van der Waals surface area contributed by atoms with E-state index in [1.165, 1.54) is 6.07 Å². The van der Waals surface area contributed by atoms with Crippen LogP contribution < -0.4 is 9.47 Å². The normalized spacial score (nSPS) is 14.4. The minimum Gasteiger partial charge on any atom is -0.490 e. The maximum Gasteiger partial charge on any atom is 0.363 e. The third-order valence-electron chi connectivity index (χ3n) is 4.36. The van der Waals surface area contributed by atoms with Crippen molar-refractivity contribution in [1.29, 1.82) is 0 Å². The van der Waals surface area contributed by atoms with Crippen LogP contribution in [-0.2, 0) is 9.53 Å². The lowest BCUT2D eigenvalue weighted by atomic mass is 10.1. The van der Waals surface area contributed by atoms with Gasteiger partial charge in [0.15, 0.2) is 17.2 Å². The molecule has 0 atom stereocenters. The number of carbonyl (C=O) groups is 1. The first-order chi connectivity index (χ1) is 14.8. The van der Waals surface area contributed by atoms with Crippen molar-refractivity contribution < 1.29 is 23.9 Å². The minimum atomic E-state index is -0.640. The van der Waals surface area contributed by atoms with Crippen molar-refractivity contribution in [2.75, 3.05) is 13.2 Å². The largest absolute Gasteiger partial charge is 0.490 e. The van der Waals surface area contributed by atoms with Crippen LogP contribution in [0.3, 0.4) is 0 Å². The smallest absolute Gasteiger partial charge is 0.363 e. The molecule has 0 saturated carbocycles. The molecule has 1 heterocycles. The number of benzene rings is 2. The molecule has 162 valence electrons. The Labute approximate surface area is 187 Å². The molecule has 0 amide bonds. The zero-order valence-corrected chi connectivity index (χ0v) is 18.9. The van der Waals surface area contributed by atoms with Gasteiger partial charge in [0, 0.05) is 17.2 Å². The van der Waals surface area contributed by atoms with Crippen LogP contribution in [0.2, 0.25) is 0 Å². The SMILES string of the molecule is CCCOc1c(Br)cc(/C=C2\N=C(c3ccc(C)c([N+](=O)[O-])c3)OC2=O)cc1OCC. The fourth-order valence-corrected chi connectivity index (χ4v) is 3.48. The lowest BCUT2D eigenvalue weighted by Crippen LogP contribution is -2.06. The van der Waals surface area contributed by atoms with Gasteiger partial charge in [0.05, 0.1) is 22.6 Å². The molecule has 0 saturated heterocycles. The molecule has 31 heavy (non-hydrogen) atoms. The Kier molecular flexibility index (Phi) is 7.06. The van der Waals surface area contributed by atoms with Crippen molar-refractivity contribution in [2.24, 2.45) is 4.99 Å². The maximum absolute atomic E-state index is 12.3. The average molecular weight is 489 g/mol. The molecule has 0 aliphatic carbocycles. The van der Waals surface area contributed by atoms with E-state index < -0.39 is 10.9 Å². The van der Waals surface area contributed by atoms with Crippen LogP contribution >= 0.6 is 15.9 Å². The molecule has 0 bridgehead atoms. The van der Waals surface area contributed by atoms with E-state index in [4.69, 9.17) is 14.2 Å². The van der Waals surface area contributed by atoms with Gasteiger partial charge in [0.2, 0.25) is 5.90 Å². The molecule has 1 aliphatic heterocycles. The fourth-order valence-electron chi connectivity index (χ4n) is 2.91. The topological polar surface area (TPSA) is 100 Å². The maximum atomic E-state index is 12.3. The summed E-state index contributed by atoms with van der Waals surface area (Å²) in [6.45, 7) is 6.51. The summed E-state index contributed by atoms with van der Waals surface area (Å²) >= 11 is 3.49. The number of cyclic esters (lactones) is 1. The molecule has 1 aliphatic rings. The van der Waals surface area contributed by atoms with E-state index in [9.17, 15) is 14.9 Å².